The second-order valence-corrected chi connectivity index (χ2v) is 6.34. The molecule has 0 spiro atoms. The van der Waals surface area contributed by atoms with Gasteiger partial charge in [0.05, 0.1) is 5.69 Å². The van der Waals surface area contributed by atoms with Crippen LogP contribution in [0.4, 0.5) is 10.1 Å². The van der Waals surface area contributed by atoms with Crippen molar-refractivity contribution >= 4 is 29.9 Å². The van der Waals surface area contributed by atoms with Crippen LogP contribution in [0.25, 0.3) is 0 Å². The lowest BCUT2D eigenvalue weighted by Gasteiger charge is -2.12. The average molecular weight is 358 g/mol. The van der Waals surface area contributed by atoms with Crippen LogP contribution in [-0.2, 0) is 4.79 Å². The van der Waals surface area contributed by atoms with Crippen LogP contribution >= 0.6 is 12.4 Å². The smallest absolute Gasteiger partial charge is 0.251 e. The summed E-state index contributed by atoms with van der Waals surface area (Å²) in [5, 5.41) is 8.61. The Morgan fingerprint density at radius 2 is 2.12 bits per heavy atom. The lowest BCUT2D eigenvalue weighted by atomic mass is 10.1. The average Bonchev–Trinajstić information content (AvgIpc) is 2.99. The second-order valence-electron chi connectivity index (χ2n) is 6.34. The number of amides is 2. The van der Waals surface area contributed by atoms with Gasteiger partial charge in [0, 0.05) is 24.6 Å². The Morgan fingerprint density at radius 1 is 1.38 bits per heavy atom. The maximum Gasteiger partial charge on any atom is 0.251 e. The van der Waals surface area contributed by atoms with Crippen molar-refractivity contribution in [2.75, 3.05) is 18.4 Å². The van der Waals surface area contributed by atoms with E-state index < -0.39 is 5.82 Å². The minimum Gasteiger partial charge on any atom is -0.350 e. The molecule has 0 bridgehead atoms. The first-order valence-electron chi connectivity index (χ1n) is 8.06. The monoisotopic (exact) mass is 357 g/mol. The van der Waals surface area contributed by atoms with Crippen LogP contribution < -0.4 is 16.0 Å². The highest BCUT2D eigenvalue weighted by molar-refractivity contribution is 5.96. The van der Waals surface area contributed by atoms with Crippen LogP contribution in [0.3, 0.4) is 0 Å². The summed E-state index contributed by atoms with van der Waals surface area (Å²) in [6, 6.07) is 4.39. The molecule has 1 heterocycles. The molecule has 7 heteroatoms. The molecule has 1 aliphatic rings. The van der Waals surface area contributed by atoms with Crippen LogP contribution in [0.2, 0.25) is 0 Å². The van der Waals surface area contributed by atoms with Gasteiger partial charge in [-0.1, -0.05) is 13.8 Å². The molecule has 1 atom stereocenters. The first-order valence-corrected chi connectivity index (χ1v) is 8.06. The first kappa shape index (κ1) is 20.4. The number of hydrogen-bond donors (Lipinski definition) is 3. The van der Waals surface area contributed by atoms with Gasteiger partial charge >= 0.3 is 0 Å². The van der Waals surface area contributed by atoms with E-state index in [1.807, 2.05) is 13.8 Å². The van der Waals surface area contributed by atoms with E-state index in [1.54, 1.807) is 0 Å². The van der Waals surface area contributed by atoms with Crippen LogP contribution in [-0.4, -0.2) is 30.9 Å². The summed E-state index contributed by atoms with van der Waals surface area (Å²) in [7, 11) is 0. The normalized spacial score (nSPS) is 16.6. The molecular formula is C17H25ClFN3O2. The van der Waals surface area contributed by atoms with Crippen molar-refractivity contribution < 1.29 is 14.0 Å². The SMILES string of the molecule is CC(C)CC(=O)Nc1ccc(C(=O)NCC2CCCN2)cc1F.Cl. The number of anilines is 1. The summed E-state index contributed by atoms with van der Waals surface area (Å²) in [6.07, 6.45) is 2.48. The van der Waals surface area contributed by atoms with Gasteiger partial charge in [0.1, 0.15) is 5.82 Å². The fourth-order valence-corrected chi connectivity index (χ4v) is 2.58. The minimum absolute atomic E-state index is 0. The molecule has 2 amide bonds. The number of carbonyl (C=O) groups excluding carboxylic acids is 2. The molecule has 0 radical (unpaired) electrons. The number of halogens is 2. The summed E-state index contributed by atoms with van der Waals surface area (Å²) >= 11 is 0. The molecule has 0 saturated carbocycles. The summed E-state index contributed by atoms with van der Waals surface area (Å²) in [6.45, 7) is 5.35. The van der Waals surface area contributed by atoms with Crippen molar-refractivity contribution in [3.63, 3.8) is 0 Å². The van der Waals surface area contributed by atoms with Gasteiger partial charge in [0.25, 0.3) is 5.91 Å². The van der Waals surface area contributed by atoms with Gasteiger partial charge in [0.2, 0.25) is 5.91 Å². The van der Waals surface area contributed by atoms with Gasteiger partial charge in [-0.3, -0.25) is 9.59 Å². The standard InChI is InChI=1S/C17H24FN3O2.ClH/c1-11(2)8-16(22)21-15-6-5-12(9-14(15)18)17(23)20-10-13-4-3-7-19-13;/h5-6,9,11,13,19H,3-4,7-8,10H2,1-2H3,(H,20,23)(H,21,22);1H. The first-order chi connectivity index (χ1) is 11.0. The van der Waals surface area contributed by atoms with Crippen molar-refractivity contribution in [3.05, 3.63) is 29.6 Å². The Labute approximate surface area is 148 Å². The molecule has 1 aromatic carbocycles. The highest BCUT2D eigenvalue weighted by Crippen LogP contribution is 2.17. The van der Waals surface area contributed by atoms with Crippen LogP contribution in [0.5, 0.6) is 0 Å². The summed E-state index contributed by atoms with van der Waals surface area (Å²) in [4.78, 5) is 23.7. The van der Waals surface area contributed by atoms with Gasteiger partial charge in [0.15, 0.2) is 0 Å². The zero-order chi connectivity index (χ0) is 16.8. The fraction of sp³-hybridized carbons (Fsp3) is 0.529. The Hall–Kier alpha value is -1.66. The van der Waals surface area contributed by atoms with E-state index in [9.17, 15) is 14.0 Å². The van der Waals surface area contributed by atoms with E-state index in [-0.39, 0.29) is 41.4 Å². The molecule has 1 aliphatic heterocycles. The van der Waals surface area contributed by atoms with Gasteiger partial charge < -0.3 is 16.0 Å². The molecule has 1 fully saturated rings. The van der Waals surface area contributed by atoms with Gasteiger partial charge in [-0.05, 0) is 43.5 Å². The number of carbonyl (C=O) groups is 2. The molecule has 0 aliphatic carbocycles. The zero-order valence-electron chi connectivity index (χ0n) is 14.0. The molecule has 1 unspecified atom stereocenters. The third-order valence-corrected chi connectivity index (χ3v) is 3.77. The lowest BCUT2D eigenvalue weighted by Crippen LogP contribution is -2.37. The lowest BCUT2D eigenvalue weighted by molar-refractivity contribution is -0.116. The van der Waals surface area contributed by atoms with E-state index in [1.165, 1.54) is 12.1 Å². The summed E-state index contributed by atoms with van der Waals surface area (Å²) in [5.74, 6) is -0.942. The third-order valence-electron chi connectivity index (χ3n) is 3.77. The predicted octanol–water partition coefficient (Wildman–Crippen LogP) is 2.71. The molecule has 1 saturated heterocycles. The van der Waals surface area contributed by atoms with Gasteiger partial charge in [-0.15, -0.1) is 12.4 Å². The largest absolute Gasteiger partial charge is 0.350 e. The quantitative estimate of drug-likeness (QED) is 0.733. The number of hydrogen-bond acceptors (Lipinski definition) is 3. The molecule has 134 valence electrons. The molecule has 1 aromatic rings. The molecule has 3 N–H and O–H groups in total. The minimum atomic E-state index is -0.603. The van der Waals surface area contributed by atoms with Crippen LogP contribution in [0.15, 0.2) is 18.2 Å². The predicted molar refractivity (Wildman–Crippen MR) is 95.1 cm³/mol. The third kappa shape index (κ3) is 6.09. The molecule has 24 heavy (non-hydrogen) atoms. The van der Waals surface area contributed by atoms with Gasteiger partial charge in [-0.25, -0.2) is 4.39 Å². The Bertz CT molecular complexity index is 575. The van der Waals surface area contributed by atoms with E-state index >= 15 is 0 Å². The Kier molecular flexibility index (Phi) is 8.15. The van der Waals surface area contributed by atoms with E-state index in [0.717, 1.165) is 25.5 Å². The highest BCUT2D eigenvalue weighted by atomic mass is 35.5. The van der Waals surface area contributed by atoms with Crippen molar-refractivity contribution in [3.8, 4) is 0 Å². The zero-order valence-corrected chi connectivity index (χ0v) is 14.8. The molecule has 0 aromatic heterocycles. The molecule has 5 nitrogen and oxygen atoms in total. The Balaban J connectivity index is 0.00000288. The van der Waals surface area contributed by atoms with Crippen LogP contribution in [0, 0.1) is 11.7 Å². The second kappa shape index (κ2) is 9.59. The van der Waals surface area contributed by atoms with Crippen molar-refractivity contribution in [1.29, 1.82) is 0 Å². The van der Waals surface area contributed by atoms with Crippen molar-refractivity contribution in [2.24, 2.45) is 5.92 Å². The topological polar surface area (TPSA) is 70.2 Å². The highest BCUT2D eigenvalue weighted by Gasteiger charge is 2.16. The van der Waals surface area contributed by atoms with Crippen molar-refractivity contribution in [1.82, 2.24) is 10.6 Å². The number of benzene rings is 1. The molecule has 2 rings (SSSR count). The fourth-order valence-electron chi connectivity index (χ4n) is 2.58. The maximum absolute atomic E-state index is 14.0. The Morgan fingerprint density at radius 3 is 2.71 bits per heavy atom. The maximum atomic E-state index is 14.0. The van der Waals surface area contributed by atoms with Gasteiger partial charge in [-0.2, -0.15) is 0 Å². The number of nitrogens with one attached hydrogen (secondary N) is 3. The summed E-state index contributed by atoms with van der Waals surface area (Å²) < 4.78 is 14.0. The van der Waals surface area contributed by atoms with E-state index in [0.29, 0.717) is 19.0 Å². The van der Waals surface area contributed by atoms with E-state index in [2.05, 4.69) is 16.0 Å². The van der Waals surface area contributed by atoms with Crippen LogP contribution in [0.1, 0.15) is 43.5 Å². The number of rotatable bonds is 6. The van der Waals surface area contributed by atoms with E-state index in [4.69, 9.17) is 0 Å². The summed E-state index contributed by atoms with van der Waals surface area (Å²) in [5.41, 5.74) is 0.354. The molecular weight excluding hydrogens is 333 g/mol. The van der Waals surface area contributed by atoms with Crippen molar-refractivity contribution in [2.45, 2.75) is 39.2 Å².